The molecule has 2 aromatic rings. The lowest BCUT2D eigenvalue weighted by Crippen LogP contribution is -2.41. The van der Waals surface area contributed by atoms with Gasteiger partial charge in [0.25, 0.3) is 5.91 Å². The van der Waals surface area contributed by atoms with Crippen LogP contribution in [0.15, 0.2) is 47.5 Å². The first kappa shape index (κ1) is 20.4. The summed E-state index contributed by atoms with van der Waals surface area (Å²) >= 11 is 0. The van der Waals surface area contributed by atoms with Gasteiger partial charge in [0.05, 0.1) is 6.54 Å². The molecule has 0 spiro atoms. The van der Waals surface area contributed by atoms with Crippen molar-refractivity contribution in [2.24, 2.45) is 4.99 Å². The largest absolute Gasteiger partial charge is 0.357 e. The second-order valence-corrected chi connectivity index (χ2v) is 6.33. The number of hydrogen-bond acceptors (Lipinski definition) is 2. The number of hydrogen-bond donors (Lipinski definition) is 3. The molecule has 0 aromatic heterocycles. The lowest BCUT2D eigenvalue weighted by Gasteiger charge is -2.12. The Hall–Kier alpha value is -2.89. The topological polar surface area (TPSA) is 65.5 Å². The smallest absolute Gasteiger partial charge is 0.251 e. The molecular weight excluding hydrogens is 343 g/mol. The number of halogens is 1. The van der Waals surface area contributed by atoms with E-state index in [9.17, 15) is 9.18 Å². The standard InChI is InChI=1S/C21H27FN4O/c1-4-23-21(26-14-17-8-9-19(22)16(3)13-17)25-11-10-24-20(27)18-7-5-6-15(2)12-18/h5-9,12-13H,4,10-11,14H2,1-3H3,(H,24,27)(H2,23,25,26). The van der Waals surface area contributed by atoms with Crippen molar-refractivity contribution in [1.29, 1.82) is 0 Å². The minimum Gasteiger partial charge on any atom is -0.357 e. The van der Waals surface area contributed by atoms with Crippen molar-refractivity contribution in [3.63, 3.8) is 0 Å². The highest BCUT2D eigenvalue weighted by Gasteiger charge is 2.05. The van der Waals surface area contributed by atoms with Gasteiger partial charge in [-0.25, -0.2) is 9.38 Å². The van der Waals surface area contributed by atoms with Crippen molar-refractivity contribution >= 4 is 11.9 Å². The van der Waals surface area contributed by atoms with E-state index in [1.165, 1.54) is 6.07 Å². The van der Waals surface area contributed by atoms with Gasteiger partial charge in [-0.3, -0.25) is 4.79 Å². The van der Waals surface area contributed by atoms with E-state index >= 15 is 0 Å². The summed E-state index contributed by atoms with van der Waals surface area (Å²) in [6.45, 7) is 7.89. The summed E-state index contributed by atoms with van der Waals surface area (Å²) in [6.07, 6.45) is 0. The highest BCUT2D eigenvalue weighted by molar-refractivity contribution is 5.94. The minimum absolute atomic E-state index is 0.0933. The average molecular weight is 370 g/mol. The second kappa shape index (κ2) is 10.3. The normalized spacial score (nSPS) is 11.2. The predicted molar refractivity (Wildman–Crippen MR) is 107 cm³/mol. The van der Waals surface area contributed by atoms with Crippen LogP contribution in [0.25, 0.3) is 0 Å². The summed E-state index contributed by atoms with van der Waals surface area (Å²) in [5.74, 6) is 0.352. The highest BCUT2D eigenvalue weighted by atomic mass is 19.1. The predicted octanol–water partition coefficient (Wildman–Crippen LogP) is 2.93. The molecule has 1 amide bonds. The first-order chi connectivity index (χ1) is 13.0. The number of benzene rings is 2. The third kappa shape index (κ3) is 6.73. The van der Waals surface area contributed by atoms with E-state index in [1.54, 1.807) is 25.1 Å². The van der Waals surface area contributed by atoms with Gasteiger partial charge in [0, 0.05) is 25.2 Å². The van der Waals surface area contributed by atoms with E-state index in [-0.39, 0.29) is 11.7 Å². The number of guanidine groups is 1. The molecule has 0 fully saturated rings. The van der Waals surface area contributed by atoms with Crippen LogP contribution in [0.3, 0.4) is 0 Å². The van der Waals surface area contributed by atoms with E-state index < -0.39 is 0 Å². The van der Waals surface area contributed by atoms with E-state index in [0.29, 0.717) is 36.7 Å². The third-order valence-electron chi connectivity index (χ3n) is 3.97. The molecule has 6 heteroatoms. The molecule has 0 aliphatic carbocycles. The van der Waals surface area contributed by atoms with Crippen LogP contribution in [0, 0.1) is 19.7 Å². The summed E-state index contributed by atoms with van der Waals surface area (Å²) in [4.78, 5) is 16.6. The van der Waals surface area contributed by atoms with Gasteiger partial charge in [0.2, 0.25) is 0 Å². The first-order valence-electron chi connectivity index (χ1n) is 9.11. The fourth-order valence-corrected chi connectivity index (χ4v) is 2.56. The van der Waals surface area contributed by atoms with Crippen LogP contribution < -0.4 is 16.0 Å². The van der Waals surface area contributed by atoms with Gasteiger partial charge >= 0.3 is 0 Å². The summed E-state index contributed by atoms with van der Waals surface area (Å²) in [7, 11) is 0. The van der Waals surface area contributed by atoms with Gasteiger partial charge in [-0.15, -0.1) is 0 Å². The monoisotopic (exact) mass is 370 g/mol. The number of aryl methyl sites for hydroxylation is 2. The zero-order chi connectivity index (χ0) is 19.6. The second-order valence-electron chi connectivity index (χ2n) is 6.33. The Bertz CT molecular complexity index is 805. The Morgan fingerprint density at radius 3 is 2.52 bits per heavy atom. The maximum Gasteiger partial charge on any atom is 0.251 e. The third-order valence-corrected chi connectivity index (χ3v) is 3.97. The van der Waals surface area contributed by atoms with Gasteiger partial charge < -0.3 is 16.0 Å². The van der Waals surface area contributed by atoms with Crippen molar-refractivity contribution in [2.45, 2.75) is 27.3 Å². The first-order valence-corrected chi connectivity index (χ1v) is 9.11. The Balaban J connectivity index is 1.83. The highest BCUT2D eigenvalue weighted by Crippen LogP contribution is 2.10. The van der Waals surface area contributed by atoms with Crippen molar-refractivity contribution in [3.8, 4) is 0 Å². The molecule has 2 rings (SSSR count). The number of rotatable bonds is 7. The lowest BCUT2D eigenvalue weighted by molar-refractivity contribution is 0.0954. The molecule has 0 saturated heterocycles. The van der Waals surface area contributed by atoms with E-state index in [4.69, 9.17) is 0 Å². The van der Waals surface area contributed by atoms with E-state index in [0.717, 1.165) is 17.7 Å². The minimum atomic E-state index is -0.211. The lowest BCUT2D eigenvalue weighted by atomic mass is 10.1. The molecule has 0 radical (unpaired) electrons. The van der Waals surface area contributed by atoms with Crippen LogP contribution in [-0.2, 0) is 6.54 Å². The molecular formula is C21H27FN4O. The SMILES string of the molecule is CCNC(=NCc1ccc(F)c(C)c1)NCCNC(=O)c1cccc(C)c1. The van der Waals surface area contributed by atoms with Crippen molar-refractivity contribution in [3.05, 3.63) is 70.5 Å². The molecule has 0 unspecified atom stereocenters. The molecule has 27 heavy (non-hydrogen) atoms. The summed E-state index contributed by atoms with van der Waals surface area (Å²) in [5, 5.41) is 9.23. The van der Waals surface area contributed by atoms with Gasteiger partial charge in [-0.05, 0) is 50.1 Å². The van der Waals surface area contributed by atoms with Crippen LogP contribution >= 0.6 is 0 Å². The quantitative estimate of drug-likeness (QED) is 0.399. The Morgan fingerprint density at radius 2 is 1.81 bits per heavy atom. The summed E-state index contributed by atoms with van der Waals surface area (Å²) in [5.41, 5.74) is 3.26. The number of carbonyl (C=O) groups excluding carboxylic acids is 1. The molecule has 3 N–H and O–H groups in total. The molecule has 5 nitrogen and oxygen atoms in total. The van der Waals surface area contributed by atoms with Crippen LogP contribution in [-0.4, -0.2) is 31.5 Å². The van der Waals surface area contributed by atoms with E-state index in [1.807, 2.05) is 32.0 Å². The number of aliphatic imine (C=N–C) groups is 1. The molecule has 0 atom stereocenters. The summed E-state index contributed by atoms with van der Waals surface area (Å²) in [6, 6.07) is 12.5. The Kier molecular flexibility index (Phi) is 7.79. The zero-order valence-corrected chi connectivity index (χ0v) is 16.1. The Morgan fingerprint density at radius 1 is 1.04 bits per heavy atom. The Labute approximate surface area is 160 Å². The van der Waals surface area contributed by atoms with Crippen LogP contribution in [0.2, 0.25) is 0 Å². The molecule has 144 valence electrons. The van der Waals surface area contributed by atoms with E-state index in [2.05, 4.69) is 20.9 Å². The number of nitrogens with one attached hydrogen (secondary N) is 3. The number of carbonyl (C=O) groups is 1. The van der Waals surface area contributed by atoms with Gasteiger partial charge in [-0.2, -0.15) is 0 Å². The van der Waals surface area contributed by atoms with Crippen molar-refractivity contribution in [2.75, 3.05) is 19.6 Å². The number of amides is 1. The maximum absolute atomic E-state index is 13.3. The molecule has 0 heterocycles. The molecule has 0 bridgehead atoms. The number of nitrogens with zero attached hydrogens (tertiary/aromatic N) is 1. The molecule has 0 aliphatic rings. The molecule has 0 saturated carbocycles. The van der Waals surface area contributed by atoms with Crippen molar-refractivity contribution in [1.82, 2.24) is 16.0 Å². The summed E-state index contributed by atoms with van der Waals surface area (Å²) < 4.78 is 13.3. The van der Waals surface area contributed by atoms with Crippen LogP contribution in [0.5, 0.6) is 0 Å². The fourth-order valence-electron chi connectivity index (χ4n) is 2.56. The van der Waals surface area contributed by atoms with Crippen molar-refractivity contribution < 1.29 is 9.18 Å². The van der Waals surface area contributed by atoms with Gasteiger partial charge in [-0.1, -0.05) is 29.8 Å². The van der Waals surface area contributed by atoms with Gasteiger partial charge in [0.15, 0.2) is 5.96 Å². The fraction of sp³-hybridized carbons (Fsp3) is 0.333. The van der Waals surface area contributed by atoms with Crippen LogP contribution in [0.4, 0.5) is 4.39 Å². The zero-order valence-electron chi connectivity index (χ0n) is 16.1. The van der Waals surface area contributed by atoms with Gasteiger partial charge in [0.1, 0.15) is 5.82 Å². The maximum atomic E-state index is 13.3. The van der Waals surface area contributed by atoms with Crippen LogP contribution in [0.1, 0.15) is 34.0 Å². The average Bonchev–Trinajstić information content (AvgIpc) is 2.65. The molecule has 2 aromatic carbocycles. The molecule has 0 aliphatic heterocycles.